The molecule has 0 unspecified atom stereocenters. The van der Waals surface area contributed by atoms with E-state index in [-0.39, 0.29) is 5.91 Å². The van der Waals surface area contributed by atoms with Gasteiger partial charge >= 0.3 is 0 Å². The van der Waals surface area contributed by atoms with Crippen LogP contribution in [-0.2, 0) is 0 Å². The highest BCUT2D eigenvalue weighted by Gasteiger charge is 2.18. The minimum Gasteiger partial charge on any atom is -0.370 e. The number of aromatic amines is 1. The van der Waals surface area contributed by atoms with Crippen LogP contribution in [0.15, 0.2) is 48.7 Å². The molecule has 2 heterocycles. The highest BCUT2D eigenvalue weighted by atomic mass is 16.1. The van der Waals surface area contributed by atoms with E-state index in [1.807, 2.05) is 36.4 Å². The fourth-order valence-corrected chi connectivity index (χ4v) is 3.16. The first-order valence-corrected chi connectivity index (χ1v) is 7.90. The first-order chi connectivity index (χ1) is 11.3. The standard InChI is InChI=1S/C18H18N4O/c23-18(14-7-5-6-13-12-19-21-17(13)14)20-15-8-1-2-9-16(15)22-10-3-4-11-22/h1-2,5-9,12H,3-4,10-11H2,(H,19,21)(H,20,23). The molecule has 5 nitrogen and oxygen atoms in total. The van der Waals surface area contributed by atoms with E-state index in [1.165, 1.54) is 12.8 Å². The van der Waals surface area contributed by atoms with E-state index >= 15 is 0 Å². The zero-order chi connectivity index (χ0) is 15.6. The zero-order valence-electron chi connectivity index (χ0n) is 12.7. The Morgan fingerprint density at radius 2 is 1.91 bits per heavy atom. The number of hydrogen-bond donors (Lipinski definition) is 2. The number of carbonyl (C=O) groups is 1. The Labute approximate surface area is 134 Å². The lowest BCUT2D eigenvalue weighted by atomic mass is 10.1. The third-order valence-electron chi connectivity index (χ3n) is 4.32. The zero-order valence-corrected chi connectivity index (χ0v) is 12.7. The van der Waals surface area contributed by atoms with Crippen molar-refractivity contribution in [2.45, 2.75) is 12.8 Å². The molecule has 0 saturated carbocycles. The number of hydrogen-bond acceptors (Lipinski definition) is 3. The lowest BCUT2D eigenvalue weighted by molar-refractivity contribution is 0.102. The maximum atomic E-state index is 12.7. The largest absolute Gasteiger partial charge is 0.370 e. The van der Waals surface area contributed by atoms with Crippen molar-refractivity contribution >= 4 is 28.2 Å². The van der Waals surface area contributed by atoms with Crippen molar-refractivity contribution in [1.82, 2.24) is 10.2 Å². The molecule has 0 radical (unpaired) electrons. The second kappa shape index (κ2) is 5.76. The Bertz CT molecular complexity index is 849. The lowest BCUT2D eigenvalue weighted by Gasteiger charge is -2.21. The Hall–Kier alpha value is -2.82. The van der Waals surface area contributed by atoms with Crippen molar-refractivity contribution in [3.8, 4) is 0 Å². The molecule has 1 amide bonds. The number of fused-ring (bicyclic) bond motifs is 1. The van der Waals surface area contributed by atoms with E-state index in [1.54, 1.807) is 6.20 Å². The highest BCUT2D eigenvalue weighted by Crippen LogP contribution is 2.29. The fraction of sp³-hybridized carbons (Fsp3) is 0.222. The van der Waals surface area contributed by atoms with Crippen LogP contribution in [0.4, 0.5) is 11.4 Å². The Morgan fingerprint density at radius 3 is 2.78 bits per heavy atom. The third-order valence-corrected chi connectivity index (χ3v) is 4.32. The van der Waals surface area contributed by atoms with Gasteiger partial charge in [0.25, 0.3) is 5.91 Å². The van der Waals surface area contributed by atoms with Crippen LogP contribution >= 0.6 is 0 Å². The molecule has 0 spiro atoms. The molecule has 3 aromatic rings. The van der Waals surface area contributed by atoms with Gasteiger partial charge in [-0.15, -0.1) is 0 Å². The predicted octanol–water partition coefficient (Wildman–Crippen LogP) is 3.42. The lowest BCUT2D eigenvalue weighted by Crippen LogP contribution is -2.21. The quantitative estimate of drug-likeness (QED) is 0.779. The smallest absolute Gasteiger partial charge is 0.257 e. The number of aromatic nitrogens is 2. The normalized spacial score (nSPS) is 14.3. The average molecular weight is 306 g/mol. The second-order valence-electron chi connectivity index (χ2n) is 5.81. The van der Waals surface area contributed by atoms with Crippen LogP contribution < -0.4 is 10.2 Å². The number of nitrogens with one attached hydrogen (secondary N) is 2. The van der Waals surface area contributed by atoms with Crippen molar-refractivity contribution in [3.05, 3.63) is 54.2 Å². The molecule has 4 rings (SSSR count). The van der Waals surface area contributed by atoms with E-state index in [2.05, 4.69) is 26.5 Å². The molecule has 5 heteroatoms. The van der Waals surface area contributed by atoms with Crippen LogP contribution in [0.5, 0.6) is 0 Å². The molecule has 1 saturated heterocycles. The molecule has 0 atom stereocenters. The number of carbonyl (C=O) groups excluding carboxylic acids is 1. The van der Waals surface area contributed by atoms with E-state index in [4.69, 9.17) is 0 Å². The Balaban J connectivity index is 1.65. The van der Waals surface area contributed by atoms with Crippen LogP contribution in [0.1, 0.15) is 23.2 Å². The summed E-state index contributed by atoms with van der Waals surface area (Å²) in [5.74, 6) is -0.119. The molecule has 0 aliphatic carbocycles. The van der Waals surface area contributed by atoms with E-state index < -0.39 is 0 Å². The van der Waals surface area contributed by atoms with Gasteiger partial charge in [0.1, 0.15) is 0 Å². The van der Waals surface area contributed by atoms with Gasteiger partial charge in [0, 0.05) is 18.5 Å². The van der Waals surface area contributed by atoms with Crippen molar-refractivity contribution in [2.24, 2.45) is 0 Å². The molecule has 1 aliphatic rings. The van der Waals surface area contributed by atoms with Crippen LogP contribution in [0.3, 0.4) is 0 Å². The minimum atomic E-state index is -0.119. The summed E-state index contributed by atoms with van der Waals surface area (Å²) in [6.45, 7) is 2.09. The monoisotopic (exact) mass is 306 g/mol. The summed E-state index contributed by atoms with van der Waals surface area (Å²) in [4.78, 5) is 15.0. The van der Waals surface area contributed by atoms with Crippen LogP contribution in [0.2, 0.25) is 0 Å². The van der Waals surface area contributed by atoms with Gasteiger partial charge in [-0.1, -0.05) is 24.3 Å². The SMILES string of the molecule is O=C(Nc1ccccc1N1CCCC1)c1cccc2cn[nH]c12. The van der Waals surface area contributed by atoms with Crippen molar-refractivity contribution < 1.29 is 4.79 Å². The van der Waals surface area contributed by atoms with Crippen LogP contribution in [-0.4, -0.2) is 29.2 Å². The van der Waals surface area contributed by atoms with E-state index in [0.717, 1.165) is 35.4 Å². The van der Waals surface area contributed by atoms with Crippen LogP contribution in [0.25, 0.3) is 10.9 Å². The number of rotatable bonds is 3. The number of para-hydroxylation sites is 3. The molecule has 2 N–H and O–H groups in total. The van der Waals surface area contributed by atoms with Crippen molar-refractivity contribution in [1.29, 1.82) is 0 Å². The number of anilines is 2. The van der Waals surface area contributed by atoms with Gasteiger partial charge in [0.15, 0.2) is 0 Å². The summed E-state index contributed by atoms with van der Waals surface area (Å²) < 4.78 is 0. The molecular weight excluding hydrogens is 288 g/mol. The van der Waals surface area contributed by atoms with Gasteiger partial charge in [-0.25, -0.2) is 0 Å². The van der Waals surface area contributed by atoms with E-state index in [9.17, 15) is 4.79 Å². The predicted molar refractivity (Wildman–Crippen MR) is 91.9 cm³/mol. The molecule has 1 aromatic heterocycles. The van der Waals surface area contributed by atoms with Gasteiger partial charge in [0.2, 0.25) is 0 Å². The molecular formula is C18H18N4O. The average Bonchev–Trinajstić information content (AvgIpc) is 3.26. The van der Waals surface area contributed by atoms with Crippen molar-refractivity contribution in [3.63, 3.8) is 0 Å². The first kappa shape index (κ1) is 13.8. The summed E-state index contributed by atoms with van der Waals surface area (Å²) in [6, 6.07) is 13.6. The summed E-state index contributed by atoms with van der Waals surface area (Å²) in [5, 5.41) is 10.9. The van der Waals surface area contributed by atoms with Crippen molar-refractivity contribution in [2.75, 3.05) is 23.3 Å². The summed E-state index contributed by atoms with van der Waals surface area (Å²) >= 11 is 0. The summed E-state index contributed by atoms with van der Waals surface area (Å²) in [5.41, 5.74) is 3.32. The van der Waals surface area contributed by atoms with Gasteiger partial charge in [-0.3, -0.25) is 9.89 Å². The van der Waals surface area contributed by atoms with Crippen LogP contribution in [0, 0.1) is 0 Å². The first-order valence-electron chi connectivity index (χ1n) is 7.90. The molecule has 1 aliphatic heterocycles. The second-order valence-corrected chi connectivity index (χ2v) is 5.81. The fourth-order valence-electron chi connectivity index (χ4n) is 3.16. The highest BCUT2D eigenvalue weighted by molar-refractivity contribution is 6.12. The maximum Gasteiger partial charge on any atom is 0.257 e. The van der Waals surface area contributed by atoms with E-state index in [0.29, 0.717) is 5.56 Å². The number of H-pyrrole nitrogens is 1. The van der Waals surface area contributed by atoms with Gasteiger partial charge in [0.05, 0.1) is 28.7 Å². The molecule has 0 bridgehead atoms. The number of benzene rings is 2. The maximum absolute atomic E-state index is 12.7. The molecule has 1 fully saturated rings. The minimum absolute atomic E-state index is 0.119. The van der Waals surface area contributed by atoms with Gasteiger partial charge in [-0.2, -0.15) is 5.10 Å². The Morgan fingerprint density at radius 1 is 1.09 bits per heavy atom. The summed E-state index contributed by atoms with van der Waals surface area (Å²) in [7, 11) is 0. The topological polar surface area (TPSA) is 61.0 Å². The number of nitrogens with zero attached hydrogens (tertiary/aromatic N) is 2. The molecule has 23 heavy (non-hydrogen) atoms. The summed E-state index contributed by atoms with van der Waals surface area (Å²) in [6.07, 6.45) is 4.13. The third kappa shape index (κ3) is 2.54. The van der Waals surface area contributed by atoms with Gasteiger partial charge in [-0.05, 0) is 31.0 Å². The number of amides is 1. The molecule has 2 aromatic carbocycles. The van der Waals surface area contributed by atoms with Gasteiger partial charge < -0.3 is 10.2 Å². The Kier molecular flexibility index (Phi) is 3.46. The molecule has 116 valence electrons.